The molecule has 0 aliphatic heterocycles. The number of nitrogens with zero attached hydrogens (tertiary/aromatic N) is 4. The molecule has 48 heavy (non-hydrogen) atoms. The van der Waals surface area contributed by atoms with E-state index in [0.29, 0.717) is 0 Å². The van der Waals surface area contributed by atoms with Crippen LogP contribution in [0.3, 0.4) is 0 Å². The Kier molecular flexibility index (Phi) is 8.99. The summed E-state index contributed by atoms with van der Waals surface area (Å²) >= 11 is 0. The highest BCUT2D eigenvalue weighted by Crippen LogP contribution is 2.46. The van der Waals surface area contributed by atoms with Gasteiger partial charge >= 0.3 is 35.1 Å². The van der Waals surface area contributed by atoms with Gasteiger partial charge in [0.15, 0.2) is 5.78 Å². The van der Waals surface area contributed by atoms with Crippen molar-refractivity contribution in [1.29, 1.82) is 0 Å². The van der Waals surface area contributed by atoms with Gasteiger partial charge in [0.05, 0.1) is 30.8 Å². The van der Waals surface area contributed by atoms with Gasteiger partial charge in [0, 0.05) is 35.4 Å². The first-order chi connectivity index (χ1) is 22.3. The summed E-state index contributed by atoms with van der Waals surface area (Å²) in [5.74, 6) is -3.63. The fraction of sp³-hybridized carbons (Fsp3) is 0.0741. The van der Waals surface area contributed by atoms with Crippen molar-refractivity contribution in [2.75, 3.05) is 0 Å². The number of halogens is 6. The van der Waals surface area contributed by atoms with E-state index in [4.69, 9.17) is 9.47 Å². The highest BCUT2D eigenvalue weighted by atomic mass is 19.4. The number of nitro benzene ring substituents is 4. The van der Waals surface area contributed by atoms with E-state index in [2.05, 4.69) is 0 Å². The lowest BCUT2D eigenvalue weighted by Crippen LogP contribution is -2.08. The Morgan fingerprint density at radius 2 is 0.750 bits per heavy atom. The summed E-state index contributed by atoms with van der Waals surface area (Å²) in [6.45, 7) is 0. The molecule has 0 aliphatic rings. The zero-order chi connectivity index (χ0) is 35.7. The van der Waals surface area contributed by atoms with Crippen molar-refractivity contribution in [3.05, 3.63) is 136 Å². The monoisotopic (exact) mass is 682 g/mol. The van der Waals surface area contributed by atoms with Gasteiger partial charge in [0.1, 0.15) is 11.5 Å². The minimum absolute atomic E-state index is 0.0571. The third-order valence-corrected chi connectivity index (χ3v) is 6.21. The Balaban J connectivity index is 1.59. The van der Waals surface area contributed by atoms with Gasteiger partial charge in [-0.05, 0) is 48.5 Å². The highest BCUT2D eigenvalue weighted by Gasteiger charge is 2.40. The molecule has 0 spiro atoms. The SMILES string of the molecule is O=C(c1ccc(Oc2c([N+](=O)[O-])cc(C(F)(F)F)cc2[N+](=O)[O-])cc1)c1ccc(Oc2c([N+](=O)[O-])cc(C(F)(F)F)cc2[N+](=O)[O-])cc1. The summed E-state index contributed by atoms with van der Waals surface area (Å²) in [4.78, 5) is 53.4. The number of ether oxygens (including phenoxy) is 2. The smallest absolute Gasteiger partial charge is 0.416 e. The molecule has 0 fully saturated rings. The summed E-state index contributed by atoms with van der Waals surface area (Å²) in [5, 5.41) is 45.7. The van der Waals surface area contributed by atoms with Gasteiger partial charge in [-0.1, -0.05) is 0 Å². The lowest BCUT2D eigenvalue weighted by molar-refractivity contribution is -0.396. The summed E-state index contributed by atoms with van der Waals surface area (Å²) in [5.41, 5.74) is -8.92. The molecule has 0 aromatic heterocycles. The molecule has 4 aromatic carbocycles. The highest BCUT2D eigenvalue weighted by molar-refractivity contribution is 6.09. The summed E-state index contributed by atoms with van der Waals surface area (Å²) in [7, 11) is 0. The predicted molar refractivity (Wildman–Crippen MR) is 146 cm³/mol. The Hall–Kier alpha value is -6.67. The van der Waals surface area contributed by atoms with E-state index < -0.39 is 83.2 Å². The van der Waals surface area contributed by atoms with Crippen LogP contribution < -0.4 is 9.47 Å². The van der Waals surface area contributed by atoms with Crippen molar-refractivity contribution in [3.63, 3.8) is 0 Å². The van der Waals surface area contributed by atoms with Crippen LogP contribution in [-0.2, 0) is 12.4 Å². The maximum atomic E-state index is 13.1. The molecule has 0 unspecified atom stereocenters. The van der Waals surface area contributed by atoms with E-state index in [-0.39, 0.29) is 46.9 Å². The van der Waals surface area contributed by atoms with E-state index in [1.165, 1.54) is 0 Å². The molecule has 15 nitrogen and oxygen atoms in total. The molecule has 0 saturated heterocycles. The van der Waals surface area contributed by atoms with E-state index >= 15 is 0 Å². The molecule has 0 radical (unpaired) electrons. The number of hydrogen-bond acceptors (Lipinski definition) is 11. The van der Waals surface area contributed by atoms with Crippen LogP contribution in [0.4, 0.5) is 49.1 Å². The number of rotatable bonds is 10. The van der Waals surface area contributed by atoms with Crippen LogP contribution in [0.2, 0.25) is 0 Å². The number of carbonyl (C=O) groups is 1. The second-order valence-electron chi connectivity index (χ2n) is 9.29. The van der Waals surface area contributed by atoms with Crippen LogP contribution in [-0.4, -0.2) is 25.5 Å². The summed E-state index contributed by atoms with van der Waals surface area (Å²) in [6.07, 6.45) is -10.3. The third-order valence-electron chi connectivity index (χ3n) is 6.21. The standard InChI is InChI=1S/C27H12F6N4O11/c28-26(29,30)15-9-19(34(39)40)24(20(10-15)35(41)42)47-17-5-1-13(2-6-17)23(38)14-3-7-18(8-4-14)48-25-21(36(43)44)11-16(27(31,32)33)12-22(25)37(45)46/h1-12H. The number of nitro groups is 4. The van der Waals surface area contributed by atoms with Crippen molar-refractivity contribution in [2.45, 2.75) is 12.4 Å². The van der Waals surface area contributed by atoms with Crippen LogP contribution in [0, 0.1) is 40.5 Å². The predicted octanol–water partition coefficient (Wildman–Crippen LogP) is 8.17. The molecular weight excluding hydrogens is 670 g/mol. The molecule has 0 saturated carbocycles. The van der Waals surface area contributed by atoms with Gasteiger partial charge in [-0.2, -0.15) is 26.3 Å². The number of ketones is 1. The van der Waals surface area contributed by atoms with Crippen molar-refractivity contribution >= 4 is 28.5 Å². The Labute approximate surface area is 260 Å². The summed E-state index contributed by atoms with van der Waals surface area (Å²) < 4.78 is 89.2. The lowest BCUT2D eigenvalue weighted by atomic mass is 10.0. The Bertz CT molecular complexity index is 1770. The number of benzene rings is 4. The minimum atomic E-state index is -5.15. The second kappa shape index (κ2) is 12.6. The molecule has 248 valence electrons. The zero-order valence-electron chi connectivity index (χ0n) is 23.0. The molecule has 0 atom stereocenters. The van der Waals surface area contributed by atoms with Crippen molar-refractivity contribution in [1.82, 2.24) is 0 Å². The first-order valence-corrected chi connectivity index (χ1v) is 12.5. The molecule has 21 heteroatoms. The molecule has 0 bridgehead atoms. The maximum Gasteiger partial charge on any atom is 0.416 e. The van der Waals surface area contributed by atoms with Gasteiger partial charge in [-0.15, -0.1) is 0 Å². The van der Waals surface area contributed by atoms with E-state index in [1.54, 1.807) is 0 Å². The number of alkyl halides is 6. The molecule has 4 aromatic rings. The van der Waals surface area contributed by atoms with Crippen LogP contribution in [0.25, 0.3) is 0 Å². The maximum absolute atomic E-state index is 13.1. The fourth-order valence-corrected chi connectivity index (χ4v) is 4.03. The average molecular weight is 682 g/mol. The van der Waals surface area contributed by atoms with Gasteiger partial charge < -0.3 is 9.47 Å². The molecule has 0 N–H and O–H groups in total. The molecule has 4 rings (SSSR count). The van der Waals surface area contributed by atoms with E-state index in [9.17, 15) is 71.6 Å². The van der Waals surface area contributed by atoms with Gasteiger partial charge in [0.2, 0.25) is 0 Å². The Morgan fingerprint density at radius 1 is 0.500 bits per heavy atom. The first-order valence-electron chi connectivity index (χ1n) is 12.5. The quantitative estimate of drug-likeness (QED) is 0.0674. The average Bonchev–Trinajstić information content (AvgIpc) is 3.00. The van der Waals surface area contributed by atoms with Crippen LogP contribution in [0.15, 0.2) is 72.8 Å². The van der Waals surface area contributed by atoms with Crippen molar-refractivity contribution in [2.24, 2.45) is 0 Å². The largest absolute Gasteiger partial charge is 0.444 e. The first kappa shape index (κ1) is 34.2. The Morgan fingerprint density at radius 3 is 0.958 bits per heavy atom. The van der Waals surface area contributed by atoms with Crippen LogP contribution in [0.5, 0.6) is 23.0 Å². The van der Waals surface area contributed by atoms with Gasteiger partial charge in [0.25, 0.3) is 11.5 Å². The zero-order valence-corrected chi connectivity index (χ0v) is 23.0. The lowest BCUT2D eigenvalue weighted by Gasteiger charge is -2.11. The second-order valence-corrected chi connectivity index (χ2v) is 9.29. The van der Waals surface area contributed by atoms with Crippen LogP contribution in [0.1, 0.15) is 27.0 Å². The molecule has 0 amide bonds. The molecule has 0 heterocycles. The number of hydrogen-bond donors (Lipinski definition) is 0. The van der Waals surface area contributed by atoms with E-state index in [1.807, 2.05) is 0 Å². The molecular formula is C27H12F6N4O11. The topological polar surface area (TPSA) is 208 Å². The summed E-state index contributed by atoms with van der Waals surface area (Å²) in [6, 6.07) is 8.72. The normalized spacial score (nSPS) is 11.5. The minimum Gasteiger partial charge on any atom is -0.444 e. The van der Waals surface area contributed by atoms with E-state index in [0.717, 1.165) is 48.5 Å². The van der Waals surface area contributed by atoms with Crippen molar-refractivity contribution < 1.29 is 60.3 Å². The van der Waals surface area contributed by atoms with Crippen molar-refractivity contribution in [3.8, 4) is 23.0 Å². The van der Waals surface area contributed by atoms with Gasteiger partial charge in [-0.3, -0.25) is 45.3 Å². The number of carbonyl (C=O) groups excluding carboxylic acids is 1. The third kappa shape index (κ3) is 7.24. The fourth-order valence-electron chi connectivity index (χ4n) is 4.03. The molecule has 0 aliphatic carbocycles. The van der Waals surface area contributed by atoms with Gasteiger partial charge in [-0.25, -0.2) is 0 Å². The van der Waals surface area contributed by atoms with Crippen LogP contribution >= 0.6 is 0 Å².